The van der Waals surface area contributed by atoms with Gasteiger partial charge in [-0.15, -0.1) is 0 Å². The van der Waals surface area contributed by atoms with Crippen molar-refractivity contribution in [3.8, 4) is 11.5 Å². The first-order valence-electron chi connectivity index (χ1n) is 5.99. The molecule has 1 aromatic rings. The maximum Gasteiger partial charge on any atom is 0.413 e. The zero-order valence-corrected chi connectivity index (χ0v) is 13.2. The van der Waals surface area contributed by atoms with E-state index in [1.165, 1.54) is 25.6 Å². The van der Waals surface area contributed by atoms with Crippen LogP contribution in [0.5, 0.6) is 11.5 Å². The Kier molecular flexibility index (Phi) is 6.02. The van der Waals surface area contributed by atoms with Crippen LogP contribution in [-0.2, 0) is 21.5 Å². The second-order valence-corrected chi connectivity index (χ2v) is 5.46. The fourth-order valence-corrected chi connectivity index (χ4v) is 1.74. The van der Waals surface area contributed by atoms with Gasteiger partial charge in [0.2, 0.25) is 0 Å². The Hall–Kier alpha value is -2.93. The van der Waals surface area contributed by atoms with E-state index in [0.717, 1.165) is 6.07 Å². The SMILES string of the molecule is COc1cc(COC(=O)NC(=N)S(=O)(=O)O)c([N+](=O)[O-])cc1OC. The zero-order chi connectivity index (χ0) is 18.5. The van der Waals surface area contributed by atoms with Gasteiger partial charge in [0.1, 0.15) is 6.61 Å². The Bertz CT molecular complexity index is 775. The Morgan fingerprint density at radius 2 is 1.88 bits per heavy atom. The van der Waals surface area contributed by atoms with Crippen LogP contribution in [0.25, 0.3) is 0 Å². The molecule has 0 aromatic heterocycles. The molecule has 0 bridgehead atoms. The van der Waals surface area contributed by atoms with Crippen LogP contribution in [0.15, 0.2) is 12.1 Å². The summed E-state index contributed by atoms with van der Waals surface area (Å²) in [4.78, 5) is 21.7. The van der Waals surface area contributed by atoms with E-state index >= 15 is 0 Å². The third kappa shape index (κ3) is 4.79. The van der Waals surface area contributed by atoms with Crippen molar-refractivity contribution in [3.05, 3.63) is 27.8 Å². The molecule has 0 atom stereocenters. The number of nitro benzene ring substituents is 1. The van der Waals surface area contributed by atoms with Crippen molar-refractivity contribution in [1.29, 1.82) is 5.41 Å². The second-order valence-electron chi connectivity index (χ2n) is 4.10. The summed E-state index contributed by atoms with van der Waals surface area (Å²) < 4.78 is 44.2. The number of nitrogens with zero attached hydrogens (tertiary/aromatic N) is 1. The molecule has 0 radical (unpaired) electrons. The first-order valence-corrected chi connectivity index (χ1v) is 7.43. The predicted molar refractivity (Wildman–Crippen MR) is 78.8 cm³/mol. The number of benzene rings is 1. The van der Waals surface area contributed by atoms with Gasteiger partial charge in [-0.3, -0.25) is 25.4 Å². The molecule has 0 aliphatic heterocycles. The van der Waals surface area contributed by atoms with E-state index in [1.807, 2.05) is 0 Å². The Morgan fingerprint density at radius 3 is 2.33 bits per heavy atom. The number of carbonyl (C=O) groups is 1. The van der Waals surface area contributed by atoms with Crippen LogP contribution in [0.2, 0.25) is 0 Å². The lowest BCUT2D eigenvalue weighted by Crippen LogP contribution is -2.35. The maximum absolute atomic E-state index is 11.4. The normalized spacial score (nSPS) is 10.6. The van der Waals surface area contributed by atoms with Gasteiger partial charge < -0.3 is 14.2 Å². The highest BCUT2D eigenvalue weighted by molar-refractivity contribution is 8.01. The minimum Gasteiger partial charge on any atom is -0.493 e. The molecule has 0 saturated carbocycles. The number of amides is 1. The van der Waals surface area contributed by atoms with Crippen LogP contribution < -0.4 is 14.8 Å². The summed E-state index contributed by atoms with van der Waals surface area (Å²) in [6, 6.07) is 2.27. The van der Waals surface area contributed by atoms with Gasteiger partial charge in [0.15, 0.2) is 11.5 Å². The van der Waals surface area contributed by atoms with Crippen molar-refractivity contribution in [1.82, 2.24) is 5.32 Å². The van der Waals surface area contributed by atoms with Gasteiger partial charge in [0.05, 0.1) is 30.8 Å². The lowest BCUT2D eigenvalue weighted by molar-refractivity contribution is -0.385. The van der Waals surface area contributed by atoms with E-state index in [0.29, 0.717) is 0 Å². The van der Waals surface area contributed by atoms with Crippen molar-refractivity contribution in [2.45, 2.75) is 6.61 Å². The highest BCUT2D eigenvalue weighted by atomic mass is 32.2. The average Bonchev–Trinajstić information content (AvgIpc) is 2.50. The molecule has 0 aliphatic rings. The number of hydrogen-bond donors (Lipinski definition) is 3. The van der Waals surface area contributed by atoms with Crippen molar-refractivity contribution < 1.29 is 36.9 Å². The summed E-state index contributed by atoms with van der Waals surface area (Å²) in [7, 11) is -2.31. The summed E-state index contributed by atoms with van der Waals surface area (Å²) in [5.74, 6) is 0.235. The van der Waals surface area contributed by atoms with Crippen LogP contribution in [0.1, 0.15) is 5.56 Å². The van der Waals surface area contributed by atoms with E-state index in [1.54, 1.807) is 0 Å². The van der Waals surface area contributed by atoms with Gasteiger partial charge in [-0.2, -0.15) is 8.42 Å². The van der Waals surface area contributed by atoms with E-state index in [2.05, 4.69) is 4.74 Å². The molecule has 12 nitrogen and oxygen atoms in total. The first-order chi connectivity index (χ1) is 11.1. The molecule has 132 valence electrons. The van der Waals surface area contributed by atoms with Crippen LogP contribution in [0.4, 0.5) is 10.5 Å². The van der Waals surface area contributed by atoms with Crippen molar-refractivity contribution in [2.24, 2.45) is 0 Å². The number of ether oxygens (including phenoxy) is 3. The zero-order valence-electron chi connectivity index (χ0n) is 12.4. The van der Waals surface area contributed by atoms with Crippen LogP contribution in [0, 0.1) is 15.5 Å². The molecule has 0 unspecified atom stereocenters. The lowest BCUT2D eigenvalue weighted by Gasteiger charge is -2.11. The van der Waals surface area contributed by atoms with Crippen LogP contribution in [0.3, 0.4) is 0 Å². The smallest absolute Gasteiger partial charge is 0.413 e. The molecule has 0 spiro atoms. The molecule has 0 fully saturated rings. The molecular weight excluding hydrogens is 350 g/mol. The van der Waals surface area contributed by atoms with Crippen molar-refractivity contribution in [2.75, 3.05) is 14.2 Å². The van der Waals surface area contributed by atoms with E-state index < -0.39 is 38.6 Å². The van der Waals surface area contributed by atoms with Gasteiger partial charge in [-0.05, 0) is 6.07 Å². The number of hydrogen-bond acceptors (Lipinski definition) is 9. The molecule has 3 N–H and O–H groups in total. The molecule has 1 amide bonds. The topological polar surface area (TPSA) is 178 Å². The number of carbonyl (C=O) groups excluding carboxylic acids is 1. The van der Waals surface area contributed by atoms with E-state index in [-0.39, 0.29) is 17.1 Å². The summed E-state index contributed by atoms with van der Waals surface area (Å²) in [5, 5.41) is 17.9. The molecule has 0 heterocycles. The van der Waals surface area contributed by atoms with E-state index in [9.17, 15) is 23.3 Å². The Labute approximate surface area is 135 Å². The quantitative estimate of drug-likeness (QED) is 0.223. The van der Waals surface area contributed by atoms with Crippen LogP contribution in [-0.4, -0.2) is 43.4 Å². The number of nitro groups is 1. The molecule has 24 heavy (non-hydrogen) atoms. The number of rotatable bonds is 5. The van der Waals surface area contributed by atoms with E-state index in [4.69, 9.17) is 19.4 Å². The number of methoxy groups -OCH3 is 2. The average molecular weight is 363 g/mol. The standard InChI is InChI=1S/C11H13N3O9S/c1-21-8-3-6(7(14(16)17)4-9(8)22-2)5-23-11(15)13-10(12)24(18,19)20/h3-4H,5H2,1-2H3,(H2,12,13,15)(H,18,19,20). The predicted octanol–water partition coefficient (Wildman–Crippen LogP) is 0.661. The summed E-state index contributed by atoms with van der Waals surface area (Å²) in [6.07, 6.45) is -1.40. The monoisotopic (exact) mass is 363 g/mol. The lowest BCUT2D eigenvalue weighted by atomic mass is 10.1. The van der Waals surface area contributed by atoms with Crippen molar-refractivity contribution >= 4 is 27.1 Å². The highest BCUT2D eigenvalue weighted by Gasteiger charge is 2.22. The maximum atomic E-state index is 11.4. The molecule has 0 aliphatic carbocycles. The summed E-state index contributed by atoms with van der Waals surface area (Å²) in [6.45, 7) is -0.624. The van der Waals surface area contributed by atoms with Gasteiger partial charge >= 0.3 is 16.2 Å². The third-order valence-electron chi connectivity index (χ3n) is 2.61. The molecular formula is C11H13N3O9S. The molecule has 1 rings (SSSR count). The molecule has 0 saturated heterocycles. The number of alkyl carbamates (subject to hydrolysis) is 1. The van der Waals surface area contributed by atoms with Gasteiger partial charge in [0.25, 0.3) is 10.9 Å². The largest absolute Gasteiger partial charge is 0.493 e. The van der Waals surface area contributed by atoms with Crippen LogP contribution >= 0.6 is 0 Å². The van der Waals surface area contributed by atoms with Gasteiger partial charge in [-0.1, -0.05) is 0 Å². The fraction of sp³-hybridized carbons (Fsp3) is 0.273. The van der Waals surface area contributed by atoms with Crippen molar-refractivity contribution in [3.63, 3.8) is 0 Å². The summed E-state index contributed by atoms with van der Waals surface area (Å²) >= 11 is 0. The van der Waals surface area contributed by atoms with Gasteiger partial charge in [0, 0.05) is 0 Å². The highest BCUT2D eigenvalue weighted by Crippen LogP contribution is 2.34. The Balaban J connectivity index is 2.96. The second kappa shape index (κ2) is 7.56. The third-order valence-corrected chi connectivity index (χ3v) is 3.23. The summed E-state index contributed by atoms with van der Waals surface area (Å²) in [5.41, 5.74) is -0.489. The molecule has 13 heteroatoms. The molecule has 1 aromatic carbocycles. The minimum absolute atomic E-state index is 0.0637. The van der Waals surface area contributed by atoms with Gasteiger partial charge in [-0.25, -0.2) is 4.79 Å². The first kappa shape index (κ1) is 19.1. The number of amidine groups is 1. The fourth-order valence-electron chi connectivity index (χ4n) is 1.53. The number of nitrogens with one attached hydrogen (secondary N) is 2. The minimum atomic E-state index is -4.90. The Morgan fingerprint density at radius 1 is 1.33 bits per heavy atom.